The van der Waals surface area contributed by atoms with Gasteiger partial charge in [-0.2, -0.15) is 0 Å². The van der Waals surface area contributed by atoms with E-state index in [2.05, 4.69) is 5.32 Å². The molecular formula is C14H18FNO4. The first kappa shape index (κ1) is 15.9. The summed E-state index contributed by atoms with van der Waals surface area (Å²) in [4.78, 5) is 22.5. The summed E-state index contributed by atoms with van der Waals surface area (Å²) in [5, 5.41) is 11.5. The number of carboxylic acids is 1. The van der Waals surface area contributed by atoms with Gasteiger partial charge < -0.3 is 15.2 Å². The molecule has 0 aromatic heterocycles. The van der Waals surface area contributed by atoms with Gasteiger partial charge in [-0.1, -0.05) is 19.9 Å². The number of nitrogens with one attached hydrogen (secondary N) is 1. The minimum atomic E-state index is -0.952. The highest BCUT2D eigenvalue weighted by Crippen LogP contribution is 2.12. The van der Waals surface area contributed by atoms with Crippen LogP contribution in [0, 0.1) is 17.7 Å². The second kappa shape index (κ2) is 7.47. The van der Waals surface area contributed by atoms with Gasteiger partial charge >= 0.3 is 5.97 Å². The standard InChI is InChI=1S/C14H18FNO4/c1-9(2)12(14(18)19)7-16-13(17)8-20-11-5-3-4-10(15)6-11/h3-6,9,12H,7-8H2,1-2H3,(H,16,17)(H,18,19). The lowest BCUT2D eigenvalue weighted by molar-refractivity contribution is -0.143. The summed E-state index contributed by atoms with van der Waals surface area (Å²) in [6.45, 7) is 3.30. The molecule has 1 aromatic rings. The number of halogens is 1. The predicted molar refractivity (Wildman–Crippen MR) is 70.9 cm³/mol. The van der Waals surface area contributed by atoms with Gasteiger partial charge in [-0.3, -0.25) is 9.59 Å². The quantitative estimate of drug-likeness (QED) is 0.798. The van der Waals surface area contributed by atoms with E-state index in [1.807, 2.05) is 0 Å². The summed E-state index contributed by atoms with van der Waals surface area (Å²) in [6.07, 6.45) is 0. The highest BCUT2D eigenvalue weighted by Gasteiger charge is 2.21. The van der Waals surface area contributed by atoms with Crippen LogP contribution >= 0.6 is 0 Å². The molecule has 1 atom stereocenters. The maximum absolute atomic E-state index is 12.9. The molecule has 2 N–H and O–H groups in total. The molecule has 0 aliphatic carbocycles. The van der Waals surface area contributed by atoms with E-state index in [1.54, 1.807) is 13.8 Å². The predicted octanol–water partition coefficient (Wildman–Crippen LogP) is 1.68. The number of hydrogen-bond acceptors (Lipinski definition) is 3. The largest absolute Gasteiger partial charge is 0.484 e. The summed E-state index contributed by atoms with van der Waals surface area (Å²) < 4.78 is 18.0. The maximum atomic E-state index is 12.9. The molecule has 1 unspecified atom stereocenters. The van der Waals surface area contributed by atoms with E-state index in [9.17, 15) is 14.0 Å². The Bertz CT molecular complexity index is 476. The molecule has 1 aromatic carbocycles. The van der Waals surface area contributed by atoms with Gasteiger partial charge in [0.1, 0.15) is 11.6 Å². The van der Waals surface area contributed by atoms with Crippen molar-refractivity contribution in [2.24, 2.45) is 11.8 Å². The first-order valence-corrected chi connectivity index (χ1v) is 6.28. The van der Waals surface area contributed by atoms with E-state index in [4.69, 9.17) is 9.84 Å². The van der Waals surface area contributed by atoms with Crippen molar-refractivity contribution in [3.63, 3.8) is 0 Å². The van der Waals surface area contributed by atoms with E-state index in [1.165, 1.54) is 24.3 Å². The van der Waals surface area contributed by atoms with Crippen LogP contribution in [0.3, 0.4) is 0 Å². The lowest BCUT2D eigenvalue weighted by atomic mass is 9.96. The first-order chi connectivity index (χ1) is 9.40. The number of carbonyl (C=O) groups excluding carboxylic acids is 1. The number of carboxylic acid groups (broad SMARTS) is 1. The van der Waals surface area contributed by atoms with Crippen LogP contribution in [0.4, 0.5) is 4.39 Å². The molecule has 0 aliphatic heterocycles. The van der Waals surface area contributed by atoms with Gasteiger partial charge in [0.2, 0.25) is 0 Å². The highest BCUT2D eigenvalue weighted by atomic mass is 19.1. The van der Waals surface area contributed by atoms with Crippen molar-refractivity contribution >= 4 is 11.9 Å². The normalized spacial score (nSPS) is 12.0. The van der Waals surface area contributed by atoms with Crippen molar-refractivity contribution in [2.75, 3.05) is 13.2 Å². The fourth-order valence-corrected chi connectivity index (χ4v) is 1.59. The van der Waals surface area contributed by atoms with E-state index in [-0.39, 0.29) is 24.8 Å². The monoisotopic (exact) mass is 283 g/mol. The third-order valence-electron chi connectivity index (χ3n) is 2.81. The lowest BCUT2D eigenvalue weighted by Gasteiger charge is -2.16. The number of ether oxygens (including phenoxy) is 1. The molecule has 0 fully saturated rings. The van der Waals surface area contributed by atoms with Crippen LogP contribution in [-0.4, -0.2) is 30.1 Å². The first-order valence-electron chi connectivity index (χ1n) is 6.28. The summed E-state index contributed by atoms with van der Waals surface area (Å²) >= 11 is 0. The van der Waals surface area contributed by atoms with Crippen LogP contribution in [0.1, 0.15) is 13.8 Å². The topological polar surface area (TPSA) is 75.6 Å². The number of rotatable bonds is 7. The van der Waals surface area contributed by atoms with Crippen molar-refractivity contribution in [1.29, 1.82) is 0 Å². The zero-order valence-electron chi connectivity index (χ0n) is 11.4. The number of aliphatic carboxylic acids is 1. The molecule has 5 nitrogen and oxygen atoms in total. The average Bonchev–Trinajstić information content (AvgIpc) is 2.35. The fraction of sp³-hybridized carbons (Fsp3) is 0.429. The van der Waals surface area contributed by atoms with Crippen LogP contribution in [0.2, 0.25) is 0 Å². The summed E-state index contributed by atoms with van der Waals surface area (Å²) in [6, 6.07) is 5.45. The average molecular weight is 283 g/mol. The zero-order valence-corrected chi connectivity index (χ0v) is 11.4. The van der Waals surface area contributed by atoms with E-state index in [0.717, 1.165) is 0 Å². The Morgan fingerprint density at radius 1 is 1.40 bits per heavy atom. The van der Waals surface area contributed by atoms with Crippen molar-refractivity contribution < 1.29 is 23.8 Å². The Kier molecular flexibility index (Phi) is 5.96. The molecule has 0 saturated carbocycles. The van der Waals surface area contributed by atoms with Gasteiger partial charge in [0.15, 0.2) is 6.61 Å². The molecular weight excluding hydrogens is 265 g/mol. The van der Waals surface area contributed by atoms with E-state index in [0.29, 0.717) is 0 Å². The fourth-order valence-electron chi connectivity index (χ4n) is 1.59. The minimum Gasteiger partial charge on any atom is -0.484 e. The van der Waals surface area contributed by atoms with Gasteiger partial charge in [0.05, 0.1) is 5.92 Å². The third kappa shape index (κ3) is 5.26. The van der Waals surface area contributed by atoms with Gasteiger partial charge in [-0.15, -0.1) is 0 Å². The molecule has 0 bridgehead atoms. The lowest BCUT2D eigenvalue weighted by Crippen LogP contribution is -2.37. The Morgan fingerprint density at radius 2 is 2.10 bits per heavy atom. The number of benzene rings is 1. The Morgan fingerprint density at radius 3 is 2.65 bits per heavy atom. The second-order valence-corrected chi connectivity index (χ2v) is 4.74. The number of amides is 1. The molecule has 0 spiro atoms. The van der Waals surface area contributed by atoms with Crippen molar-refractivity contribution in [1.82, 2.24) is 5.32 Å². The molecule has 6 heteroatoms. The molecule has 0 heterocycles. The van der Waals surface area contributed by atoms with Crippen LogP contribution in [-0.2, 0) is 9.59 Å². The Hall–Kier alpha value is -2.11. The van der Waals surface area contributed by atoms with Crippen LogP contribution in [0.15, 0.2) is 24.3 Å². The summed E-state index contributed by atoms with van der Waals surface area (Å²) in [7, 11) is 0. The molecule has 0 radical (unpaired) electrons. The Labute approximate surface area is 116 Å². The second-order valence-electron chi connectivity index (χ2n) is 4.74. The van der Waals surface area contributed by atoms with Crippen LogP contribution in [0.25, 0.3) is 0 Å². The number of hydrogen-bond donors (Lipinski definition) is 2. The molecule has 1 amide bonds. The third-order valence-corrected chi connectivity index (χ3v) is 2.81. The summed E-state index contributed by atoms with van der Waals surface area (Å²) in [5.74, 6) is -2.33. The molecule has 110 valence electrons. The molecule has 20 heavy (non-hydrogen) atoms. The van der Waals surface area contributed by atoms with Gasteiger partial charge in [-0.25, -0.2) is 4.39 Å². The van der Waals surface area contributed by atoms with Gasteiger partial charge in [-0.05, 0) is 18.1 Å². The van der Waals surface area contributed by atoms with Crippen molar-refractivity contribution in [2.45, 2.75) is 13.8 Å². The summed E-state index contributed by atoms with van der Waals surface area (Å²) in [5.41, 5.74) is 0. The van der Waals surface area contributed by atoms with Crippen molar-refractivity contribution in [3.05, 3.63) is 30.1 Å². The zero-order chi connectivity index (χ0) is 15.1. The van der Waals surface area contributed by atoms with Crippen molar-refractivity contribution in [3.8, 4) is 5.75 Å². The highest BCUT2D eigenvalue weighted by molar-refractivity contribution is 5.78. The van der Waals surface area contributed by atoms with Gasteiger partial charge in [0, 0.05) is 12.6 Å². The van der Waals surface area contributed by atoms with Gasteiger partial charge in [0.25, 0.3) is 5.91 Å². The van der Waals surface area contributed by atoms with Crippen LogP contribution in [0.5, 0.6) is 5.75 Å². The smallest absolute Gasteiger partial charge is 0.308 e. The number of carbonyl (C=O) groups is 2. The van der Waals surface area contributed by atoms with E-state index >= 15 is 0 Å². The van der Waals surface area contributed by atoms with E-state index < -0.39 is 23.6 Å². The molecule has 0 aliphatic rings. The minimum absolute atomic E-state index is 0.0400. The van der Waals surface area contributed by atoms with Crippen LogP contribution < -0.4 is 10.1 Å². The maximum Gasteiger partial charge on any atom is 0.308 e. The SMILES string of the molecule is CC(C)C(CNC(=O)COc1cccc(F)c1)C(=O)O. The molecule has 0 saturated heterocycles. The molecule has 1 rings (SSSR count). The Balaban J connectivity index is 2.39.